The molecular weight excluding hydrogens is 300 g/mol. The molecule has 0 amide bonds. The zero-order chi connectivity index (χ0) is 16.3. The Morgan fingerprint density at radius 1 is 1.23 bits per heavy atom. The Morgan fingerprint density at radius 3 is 2.59 bits per heavy atom. The lowest BCUT2D eigenvalue weighted by atomic mass is 9.96. The number of hydrogen-bond acceptors (Lipinski definition) is 8. The van der Waals surface area contributed by atoms with Crippen LogP contribution in [0.2, 0.25) is 0 Å². The van der Waals surface area contributed by atoms with Crippen LogP contribution in [0, 0.1) is 0 Å². The Kier molecular flexibility index (Phi) is 3.99. The van der Waals surface area contributed by atoms with Crippen molar-refractivity contribution in [3.05, 3.63) is 18.9 Å². The van der Waals surface area contributed by atoms with E-state index in [1.54, 1.807) is 0 Å². The predicted molar refractivity (Wildman–Crippen MR) is 66.4 cm³/mol. The van der Waals surface area contributed by atoms with Gasteiger partial charge in [-0.2, -0.15) is 0 Å². The van der Waals surface area contributed by atoms with Gasteiger partial charge in [-0.05, 0) is 0 Å². The standard InChI is InChI=1S/C11H10N4O7/c16-7(17)1-11(21,10(19)20)2-8(18)22-15-5-14-6-3-12-4-13-9(6)15/h3-5,21H,1-2H2,(H,16,17)(H,19,20). The summed E-state index contributed by atoms with van der Waals surface area (Å²) in [5, 5.41) is 27.2. The van der Waals surface area contributed by atoms with E-state index in [4.69, 9.17) is 15.1 Å². The van der Waals surface area contributed by atoms with E-state index in [0.717, 1.165) is 11.1 Å². The molecular formula is C11H10N4O7. The SMILES string of the molecule is O=C(O)CC(O)(CC(=O)On1cnc2cncnc21)C(=O)O. The Hall–Kier alpha value is -3.08. The molecule has 0 radical (unpaired) electrons. The summed E-state index contributed by atoms with van der Waals surface area (Å²) in [6, 6.07) is 0. The Bertz CT molecular complexity index is 743. The Balaban J connectivity index is 2.15. The molecule has 1 unspecified atom stereocenters. The number of carboxylic acid groups (broad SMARTS) is 2. The van der Waals surface area contributed by atoms with Gasteiger partial charge in [-0.3, -0.25) is 4.79 Å². The molecule has 2 aromatic rings. The molecule has 1 atom stereocenters. The van der Waals surface area contributed by atoms with Gasteiger partial charge in [0.05, 0.1) is 19.0 Å². The van der Waals surface area contributed by atoms with E-state index < -0.39 is 36.4 Å². The zero-order valence-electron chi connectivity index (χ0n) is 10.9. The molecule has 0 aliphatic heterocycles. The summed E-state index contributed by atoms with van der Waals surface area (Å²) >= 11 is 0. The highest BCUT2D eigenvalue weighted by atomic mass is 16.7. The van der Waals surface area contributed by atoms with Crippen LogP contribution < -0.4 is 4.84 Å². The maximum Gasteiger partial charge on any atom is 0.336 e. The molecule has 22 heavy (non-hydrogen) atoms. The molecule has 0 aliphatic rings. The summed E-state index contributed by atoms with van der Waals surface area (Å²) in [6.07, 6.45) is 1.45. The van der Waals surface area contributed by atoms with Crippen molar-refractivity contribution in [2.24, 2.45) is 0 Å². The molecule has 0 aromatic carbocycles. The number of aliphatic carboxylic acids is 2. The molecule has 2 aromatic heterocycles. The predicted octanol–water partition coefficient (Wildman–Crippen LogP) is -1.54. The quantitative estimate of drug-likeness (QED) is 0.569. The molecule has 3 N–H and O–H groups in total. The van der Waals surface area contributed by atoms with Crippen molar-refractivity contribution in [1.82, 2.24) is 19.7 Å². The van der Waals surface area contributed by atoms with Crippen LogP contribution in [0.3, 0.4) is 0 Å². The van der Waals surface area contributed by atoms with Crippen LogP contribution in [0.4, 0.5) is 0 Å². The van der Waals surface area contributed by atoms with Crippen LogP contribution in [-0.4, -0.2) is 58.5 Å². The van der Waals surface area contributed by atoms with Crippen molar-refractivity contribution in [2.45, 2.75) is 18.4 Å². The van der Waals surface area contributed by atoms with Gasteiger partial charge in [0.1, 0.15) is 18.2 Å². The number of aliphatic hydroxyl groups is 1. The number of rotatable bonds is 6. The third kappa shape index (κ3) is 3.15. The van der Waals surface area contributed by atoms with Crippen molar-refractivity contribution in [1.29, 1.82) is 0 Å². The van der Waals surface area contributed by atoms with Crippen molar-refractivity contribution in [3.8, 4) is 0 Å². The average molecular weight is 310 g/mol. The molecule has 0 fully saturated rings. The Morgan fingerprint density at radius 2 is 1.95 bits per heavy atom. The lowest BCUT2D eigenvalue weighted by Crippen LogP contribution is -2.44. The molecule has 2 heterocycles. The van der Waals surface area contributed by atoms with Crippen LogP contribution >= 0.6 is 0 Å². The molecule has 2 rings (SSSR count). The lowest BCUT2D eigenvalue weighted by molar-refractivity contribution is -0.171. The van der Waals surface area contributed by atoms with E-state index in [2.05, 4.69) is 15.0 Å². The van der Waals surface area contributed by atoms with Gasteiger partial charge in [-0.15, -0.1) is 4.73 Å². The van der Waals surface area contributed by atoms with Crippen molar-refractivity contribution >= 4 is 29.1 Å². The second-order valence-corrected chi connectivity index (χ2v) is 4.35. The molecule has 11 heteroatoms. The van der Waals surface area contributed by atoms with Gasteiger partial charge in [0.25, 0.3) is 0 Å². The topological polar surface area (TPSA) is 165 Å². The van der Waals surface area contributed by atoms with Crippen molar-refractivity contribution in [2.75, 3.05) is 0 Å². The number of carbonyl (C=O) groups is 3. The average Bonchev–Trinajstić information content (AvgIpc) is 2.81. The number of fused-ring (bicyclic) bond motifs is 1. The third-order valence-electron chi connectivity index (χ3n) is 2.66. The van der Waals surface area contributed by atoms with E-state index in [-0.39, 0.29) is 5.65 Å². The summed E-state index contributed by atoms with van der Waals surface area (Å²) in [5.41, 5.74) is -2.29. The molecule has 0 aliphatic carbocycles. The first-order chi connectivity index (χ1) is 10.3. The van der Waals surface area contributed by atoms with Crippen molar-refractivity contribution in [3.63, 3.8) is 0 Å². The van der Waals surface area contributed by atoms with E-state index in [1.807, 2.05) is 0 Å². The first-order valence-corrected chi connectivity index (χ1v) is 5.83. The summed E-state index contributed by atoms with van der Waals surface area (Å²) in [5.74, 6) is -4.58. The summed E-state index contributed by atoms with van der Waals surface area (Å²) < 4.78 is 0.863. The fourth-order valence-electron chi connectivity index (χ4n) is 1.66. The van der Waals surface area contributed by atoms with E-state index in [1.165, 1.54) is 12.5 Å². The second-order valence-electron chi connectivity index (χ2n) is 4.35. The van der Waals surface area contributed by atoms with Gasteiger partial charge in [0.15, 0.2) is 11.2 Å². The van der Waals surface area contributed by atoms with Crippen LogP contribution in [0.5, 0.6) is 0 Å². The number of hydrogen-bond donors (Lipinski definition) is 3. The minimum absolute atomic E-state index is 0.153. The number of carboxylic acids is 2. The zero-order valence-corrected chi connectivity index (χ0v) is 10.9. The highest BCUT2D eigenvalue weighted by Gasteiger charge is 2.41. The van der Waals surface area contributed by atoms with Gasteiger partial charge >= 0.3 is 17.9 Å². The smallest absolute Gasteiger partial charge is 0.336 e. The van der Waals surface area contributed by atoms with E-state index in [9.17, 15) is 19.5 Å². The van der Waals surface area contributed by atoms with E-state index in [0.29, 0.717) is 5.52 Å². The van der Waals surface area contributed by atoms with Crippen molar-refractivity contribution < 1.29 is 34.5 Å². The fourth-order valence-corrected chi connectivity index (χ4v) is 1.66. The normalized spacial score (nSPS) is 13.5. The number of carbonyl (C=O) groups excluding carboxylic acids is 1. The molecule has 0 spiro atoms. The largest absolute Gasteiger partial charge is 0.481 e. The van der Waals surface area contributed by atoms with Crippen LogP contribution in [-0.2, 0) is 14.4 Å². The highest BCUT2D eigenvalue weighted by molar-refractivity contribution is 5.88. The molecule has 0 bridgehead atoms. The molecule has 116 valence electrons. The summed E-state index contributed by atoms with van der Waals surface area (Å²) in [7, 11) is 0. The van der Waals surface area contributed by atoms with Crippen LogP contribution in [0.1, 0.15) is 12.8 Å². The first kappa shape index (κ1) is 15.3. The molecule has 0 saturated heterocycles. The van der Waals surface area contributed by atoms with Gasteiger partial charge in [0.2, 0.25) is 0 Å². The number of imidazole rings is 1. The fraction of sp³-hybridized carbons (Fsp3) is 0.273. The second kappa shape index (κ2) is 5.73. The van der Waals surface area contributed by atoms with Gasteiger partial charge in [-0.25, -0.2) is 24.5 Å². The van der Waals surface area contributed by atoms with Gasteiger partial charge < -0.3 is 20.2 Å². The number of nitrogens with zero attached hydrogens (tertiary/aromatic N) is 4. The van der Waals surface area contributed by atoms with Gasteiger partial charge in [-0.1, -0.05) is 0 Å². The minimum Gasteiger partial charge on any atom is -0.481 e. The van der Waals surface area contributed by atoms with Crippen LogP contribution in [0.25, 0.3) is 11.2 Å². The monoisotopic (exact) mass is 310 g/mol. The highest BCUT2D eigenvalue weighted by Crippen LogP contribution is 2.17. The maximum absolute atomic E-state index is 11.7. The first-order valence-electron chi connectivity index (χ1n) is 5.83. The molecule has 0 saturated carbocycles. The number of aromatic nitrogens is 4. The summed E-state index contributed by atoms with van der Waals surface area (Å²) in [4.78, 5) is 49.4. The molecule has 11 nitrogen and oxygen atoms in total. The summed E-state index contributed by atoms with van der Waals surface area (Å²) in [6.45, 7) is 0. The minimum atomic E-state index is -2.77. The van der Waals surface area contributed by atoms with E-state index >= 15 is 0 Å². The maximum atomic E-state index is 11.7. The van der Waals surface area contributed by atoms with Gasteiger partial charge in [0, 0.05) is 0 Å². The van der Waals surface area contributed by atoms with Crippen LogP contribution in [0.15, 0.2) is 18.9 Å². The third-order valence-corrected chi connectivity index (χ3v) is 2.66. The Labute approximate surface area is 121 Å². The lowest BCUT2D eigenvalue weighted by Gasteiger charge is -2.19.